The maximum absolute atomic E-state index is 13.9. The van der Waals surface area contributed by atoms with Gasteiger partial charge in [0.1, 0.15) is 17.5 Å². The number of urea groups is 1. The topological polar surface area (TPSA) is 62.2 Å². The van der Waals surface area contributed by atoms with Crippen LogP contribution < -0.4 is 10.6 Å². The molecule has 3 aromatic carbocycles. The molecule has 0 spiro atoms. The lowest BCUT2D eigenvalue weighted by molar-refractivity contribution is 0.197. The molecule has 0 bridgehead atoms. The first-order valence-electron chi connectivity index (χ1n) is 11.4. The Bertz CT molecular complexity index is 1350. The number of likely N-dealkylation sites (tertiary alicyclic amines) is 1. The molecule has 1 aliphatic heterocycles. The van der Waals surface area contributed by atoms with E-state index in [2.05, 4.69) is 15.2 Å². The van der Waals surface area contributed by atoms with Crippen LogP contribution in [-0.2, 0) is 6.54 Å². The second-order valence-corrected chi connectivity index (χ2v) is 8.60. The first-order chi connectivity index (χ1) is 17.0. The third-order valence-electron chi connectivity index (χ3n) is 6.20. The van der Waals surface area contributed by atoms with E-state index in [1.54, 1.807) is 17.0 Å². The fourth-order valence-electron chi connectivity index (χ4n) is 4.31. The van der Waals surface area contributed by atoms with E-state index in [0.717, 1.165) is 28.7 Å². The summed E-state index contributed by atoms with van der Waals surface area (Å²) in [5, 5.41) is 6.02. The Hall–Kier alpha value is -4.01. The Labute approximate surface area is 200 Å². The van der Waals surface area contributed by atoms with E-state index >= 15 is 0 Å². The molecule has 1 fully saturated rings. The molecule has 0 saturated carbocycles. The van der Waals surface area contributed by atoms with Gasteiger partial charge in [0.25, 0.3) is 0 Å². The Morgan fingerprint density at radius 2 is 1.66 bits per heavy atom. The van der Waals surface area contributed by atoms with E-state index in [9.17, 15) is 18.0 Å². The molecule has 35 heavy (non-hydrogen) atoms. The Morgan fingerprint density at radius 1 is 0.943 bits per heavy atom. The lowest BCUT2D eigenvalue weighted by Crippen LogP contribution is -2.44. The number of carbonyl (C=O) groups excluding carboxylic acids is 1. The number of halogens is 3. The molecule has 2 N–H and O–H groups in total. The minimum Gasteiger partial charge on any atom is -0.353 e. The number of anilines is 2. The zero-order valence-electron chi connectivity index (χ0n) is 18.8. The molecule has 2 amide bonds. The van der Waals surface area contributed by atoms with E-state index in [1.807, 2.05) is 24.3 Å². The van der Waals surface area contributed by atoms with E-state index in [4.69, 9.17) is 4.98 Å². The van der Waals surface area contributed by atoms with Gasteiger partial charge in [0.15, 0.2) is 0 Å². The number of amides is 2. The average molecular weight is 480 g/mol. The van der Waals surface area contributed by atoms with Crippen LogP contribution in [-0.4, -0.2) is 39.6 Å². The smallest absolute Gasteiger partial charge is 0.321 e. The fourth-order valence-corrected chi connectivity index (χ4v) is 4.31. The van der Waals surface area contributed by atoms with Gasteiger partial charge in [-0.25, -0.2) is 22.9 Å². The molecule has 1 saturated heterocycles. The van der Waals surface area contributed by atoms with Crippen molar-refractivity contribution in [3.05, 3.63) is 89.7 Å². The highest BCUT2D eigenvalue weighted by molar-refractivity contribution is 5.89. The van der Waals surface area contributed by atoms with Gasteiger partial charge in [0.05, 0.1) is 23.3 Å². The molecule has 0 radical (unpaired) electrons. The summed E-state index contributed by atoms with van der Waals surface area (Å²) < 4.78 is 42.4. The van der Waals surface area contributed by atoms with Gasteiger partial charge in [-0.1, -0.05) is 24.3 Å². The second kappa shape index (κ2) is 9.69. The summed E-state index contributed by atoms with van der Waals surface area (Å²) in [5.74, 6) is -1.07. The first kappa shape index (κ1) is 22.8. The maximum atomic E-state index is 13.9. The number of piperidine rings is 1. The summed E-state index contributed by atoms with van der Waals surface area (Å²) in [6, 6.07) is 17.0. The molecule has 0 aliphatic carbocycles. The van der Waals surface area contributed by atoms with E-state index in [-0.39, 0.29) is 17.5 Å². The van der Waals surface area contributed by atoms with Crippen LogP contribution in [0.2, 0.25) is 0 Å². The minimum atomic E-state index is -0.810. The van der Waals surface area contributed by atoms with Crippen molar-refractivity contribution in [1.82, 2.24) is 14.5 Å². The van der Waals surface area contributed by atoms with Gasteiger partial charge in [0, 0.05) is 25.2 Å². The molecular weight excluding hydrogens is 455 g/mol. The summed E-state index contributed by atoms with van der Waals surface area (Å²) >= 11 is 0. The third-order valence-corrected chi connectivity index (χ3v) is 6.20. The molecule has 1 aliphatic rings. The average Bonchev–Trinajstić information content (AvgIpc) is 3.19. The third kappa shape index (κ3) is 5.08. The molecule has 2 heterocycles. The van der Waals surface area contributed by atoms with Crippen molar-refractivity contribution in [2.24, 2.45) is 0 Å². The molecule has 1 aromatic heterocycles. The minimum absolute atomic E-state index is 0.0499. The lowest BCUT2D eigenvalue weighted by Gasteiger charge is -2.32. The highest BCUT2D eigenvalue weighted by Crippen LogP contribution is 2.24. The molecule has 5 rings (SSSR count). The quantitative estimate of drug-likeness (QED) is 0.391. The molecule has 6 nitrogen and oxygen atoms in total. The van der Waals surface area contributed by atoms with Gasteiger partial charge in [-0.3, -0.25) is 0 Å². The van der Waals surface area contributed by atoms with Crippen molar-refractivity contribution in [3.8, 4) is 0 Å². The van der Waals surface area contributed by atoms with Gasteiger partial charge < -0.3 is 20.1 Å². The van der Waals surface area contributed by atoms with Gasteiger partial charge in [-0.2, -0.15) is 0 Å². The second-order valence-electron chi connectivity index (χ2n) is 8.60. The number of aromatic nitrogens is 2. The summed E-state index contributed by atoms with van der Waals surface area (Å²) in [5.41, 5.74) is 2.73. The van der Waals surface area contributed by atoms with Crippen LogP contribution in [0.4, 0.5) is 29.6 Å². The normalized spacial score (nSPS) is 14.3. The van der Waals surface area contributed by atoms with Crippen LogP contribution in [0.5, 0.6) is 0 Å². The SMILES string of the molecule is O=C(Nc1ccc(F)cc1F)N1CCC(Nc2nc3ccccc3n2Cc2ccc(F)cc2)CC1. The number of carbonyl (C=O) groups is 1. The summed E-state index contributed by atoms with van der Waals surface area (Å²) in [4.78, 5) is 18.9. The van der Waals surface area contributed by atoms with Crippen molar-refractivity contribution >= 4 is 28.7 Å². The van der Waals surface area contributed by atoms with Crippen LogP contribution in [0.3, 0.4) is 0 Å². The zero-order chi connectivity index (χ0) is 24.4. The van der Waals surface area contributed by atoms with Crippen LogP contribution in [0, 0.1) is 17.5 Å². The van der Waals surface area contributed by atoms with Crippen molar-refractivity contribution < 1.29 is 18.0 Å². The maximum Gasteiger partial charge on any atom is 0.321 e. The van der Waals surface area contributed by atoms with Crippen LogP contribution in [0.15, 0.2) is 66.7 Å². The van der Waals surface area contributed by atoms with Crippen molar-refractivity contribution in [2.45, 2.75) is 25.4 Å². The molecule has 180 valence electrons. The first-order valence-corrected chi connectivity index (χ1v) is 11.4. The van der Waals surface area contributed by atoms with Crippen LogP contribution >= 0.6 is 0 Å². The number of rotatable bonds is 5. The van der Waals surface area contributed by atoms with Crippen LogP contribution in [0.1, 0.15) is 18.4 Å². The number of para-hydroxylation sites is 2. The number of imidazole rings is 1. The number of nitrogens with zero attached hydrogens (tertiary/aromatic N) is 3. The molecule has 0 unspecified atom stereocenters. The van der Waals surface area contributed by atoms with Gasteiger partial charge in [-0.15, -0.1) is 0 Å². The Morgan fingerprint density at radius 3 is 2.40 bits per heavy atom. The molecule has 9 heteroatoms. The van der Waals surface area contributed by atoms with Gasteiger partial charge >= 0.3 is 6.03 Å². The highest BCUT2D eigenvalue weighted by Gasteiger charge is 2.25. The summed E-state index contributed by atoms with van der Waals surface area (Å²) in [6.07, 6.45) is 1.36. The van der Waals surface area contributed by atoms with Crippen molar-refractivity contribution in [3.63, 3.8) is 0 Å². The standard InChI is InChI=1S/C26H24F3N5O/c27-18-7-5-17(6-8-18)16-34-24-4-2-1-3-23(24)31-25(34)30-20-11-13-33(14-12-20)26(35)32-22-10-9-19(28)15-21(22)29/h1-10,15,20H,11-14,16H2,(H,30,31)(H,32,35). The molecule has 0 atom stereocenters. The largest absolute Gasteiger partial charge is 0.353 e. The summed E-state index contributed by atoms with van der Waals surface area (Å²) in [6.45, 7) is 1.49. The number of nitrogens with one attached hydrogen (secondary N) is 2. The van der Waals surface area contributed by atoms with E-state index in [0.29, 0.717) is 38.4 Å². The van der Waals surface area contributed by atoms with Gasteiger partial charge in [0.2, 0.25) is 5.95 Å². The number of hydrogen-bond acceptors (Lipinski definition) is 3. The number of fused-ring (bicyclic) bond motifs is 1. The fraction of sp³-hybridized carbons (Fsp3) is 0.231. The predicted molar refractivity (Wildman–Crippen MR) is 129 cm³/mol. The van der Waals surface area contributed by atoms with Crippen molar-refractivity contribution in [2.75, 3.05) is 23.7 Å². The Balaban J connectivity index is 1.26. The molecule has 4 aromatic rings. The predicted octanol–water partition coefficient (Wildman–Crippen LogP) is 5.61. The summed E-state index contributed by atoms with van der Waals surface area (Å²) in [7, 11) is 0. The monoisotopic (exact) mass is 479 g/mol. The van der Waals surface area contributed by atoms with E-state index < -0.39 is 17.7 Å². The zero-order valence-corrected chi connectivity index (χ0v) is 18.8. The lowest BCUT2D eigenvalue weighted by atomic mass is 10.1. The van der Waals surface area contributed by atoms with Crippen molar-refractivity contribution in [1.29, 1.82) is 0 Å². The highest BCUT2D eigenvalue weighted by atomic mass is 19.1. The molecular formula is C26H24F3N5O. The number of benzene rings is 3. The van der Waals surface area contributed by atoms with Crippen LogP contribution in [0.25, 0.3) is 11.0 Å². The van der Waals surface area contributed by atoms with Gasteiger partial charge in [-0.05, 0) is 54.8 Å². The number of hydrogen-bond donors (Lipinski definition) is 2. The Kier molecular flexibility index (Phi) is 6.31. The van der Waals surface area contributed by atoms with E-state index in [1.165, 1.54) is 18.2 Å².